The first-order chi connectivity index (χ1) is 9.84. The molecule has 0 radical (unpaired) electrons. The van der Waals surface area contributed by atoms with Crippen molar-refractivity contribution in [3.63, 3.8) is 0 Å². The van der Waals surface area contributed by atoms with Crippen molar-refractivity contribution >= 4 is 0 Å². The first kappa shape index (κ1) is 12.6. The van der Waals surface area contributed by atoms with E-state index in [0.29, 0.717) is 0 Å². The lowest BCUT2D eigenvalue weighted by Crippen LogP contribution is -2.18. The van der Waals surface area contributed by atoms with Gasteiger partial charge in [-0.1, -0.05) is 24.3 Å². The van der Waals surface area contributed by atoms with Crippen LogP contribution in [0.3, 0.4) is 0 Å². The van der Waals surface area contributed by atoms with Gasteiger partial charge in [-0.2, -0.15) is 5.10 Å². The van der Waals surface area contributed by atoms with E-state index in [9.17, 15) is 0 Å². The Bertz CT molecular complexity index is 661. The molecule has 1 aromatic carbocycles. The molecule has 0 bridgehead atoms. The quantitative estimate of drug-likeness (QED) is 0.787. The second-order valence-corrected chi connectivity index (χ2v) is 4.68. The Labute approximate surface area is 117 Å². The minimum atomic E-state index is -0.109. The topological polar surface area (TPSA) is 56.7 Å². The maximum absolute atomic E-state index is 6.32. The summed E-state index contributed by atoms with van der Waals surface area (Å²) in [7, 11) is 0. The maximum atomic E-state index is 6.32. The number of pyridine rings is 1. The van der Waals surface area contributed by atoms with Crippen LogP contribution in [0.1, 0.15) is 17.3 Å². The highest BCUT2D eigenvalue weighted by Gasteiger charge is 2.13. The van der Waals surface area contributed by atoms with Gasteiger partial charge in [0.15, 0.2) is 0 Å². The van der Waals surface area contributed by atoms with Gasteiger partial charge in [-0.25, -0.2) is 4.68 Å². The average Bonchev–Trinajstić information content (AvgIpc) is 2.99. The van der Waals surface area contributed by atoms with E-state index >= 15 is 0 Å². The van der Waals surface area contributed by atoms with Gasteiger partial charge < -0.3 is 5.73 Å². The Hall–Kier alpha value is -2.46. The van der Waals surface area contributed by atoms with Gasteiger partial charge in [0.25, 0.3) is 0 Å². The smallest absolute Gasteiger partial charge is 0.0649 e. The second kappa shape index (κ2) is 5.67. The molecule has 0 aliphatic heterocycles. The summed E-state index contributed by atoms with van der Waals surface area (Å²) in [5.41, 5.74) is 9.47. The molecule has 3 rings (SSSR count). The Kier molecular flexibility index (Phi) is 3.56. The third-order valence-corrected chi connectivity index (χ3v) is 3.23. The molecule has 0 aliphatic carbocycles. The van der Waals surface area contributed by atoms with E-state index in [0.717, 1.165) is 23.4 Å². The molecular weight excluding hydrogens is 248 g/mol. The number of hydrogen-bond acceptors (Lipinski definition) is 3. The molecule has 2 heterocycles. The lowest BCUT2D eigenvalue weighted by molar-refractivity contribution is 0.653. The van der Waals surface area contributed by atoms with Gasteiger partial charge in [-0.3, -0.25) is 4.98 Å². The van der Waals surface area contributed by atoms with Crippen LogP contribution >= 0.6 is 0 Å². The van der Waals surface area contributed by atoms with Gasteiger partial charge in [0.05, 0.1) is 17.4 Å². The molecule has 100 valence electrons. The zero-order valence-electron chi connectivity index (χ0n) is 11.1. The molecule has 4 nitrogen and oxygen atoms in total. The minimum Gasteiger partial charge on any atom is -0.322 e. The second-order valence-electron chi connectivity index (χ2n) is 4.68. The summed E-state index contributed by atoms with van der Waals surface area (Å²) in [6, 6.07) is 15.8. The lowest BCUT2D eigenvalue weighted by atomic mass is 10.1. The Morgan fingerprint density at radius 1 is 1.00 bits per heavy atom. The first-order valence-corrected chi connectivity index (χ1v) is 6.58. The normalized spacial score (nSPS) is 12.2. The third-order valence-electron chi connectivity index (χ3n) is 3.23. The average molecular weight is 264 g/mol. The fraction of sp³-hybridized carbons (Fsp3) is 0.125. The van der Waals surface area contributed by atoms with E-state index in [1.54, 1.807) is 12.4 Å². The molecule has 0 fully saturated rings. The highest BCUT2D eigenvalue weighted by Crippen LogP contribution is 2.18. The zero-order valence-corrected chi connectivity index (χ0v) is 11.1. The van der Waals surface area contributed by atoms with Gasteiger partial charge in [0.2, 0.25) is 0 Å². The number of para-hydroxylation sites is 1. The fourth-order valence-electron chi connectivity index (χ4n) is 2.26. The van der Waals surface area contributed by atoms with Crippen molar-refractivity contribution < 1.29 is 0 Å². The largest absolute Gasteiger partial charge is 0.322 e. The van der Waals surface area contributed by atoms with Gasteiger partial charge in [0, 0.05) is 18.6 Å². The molecule has 0 aliphatic rings. The van der Waals surface area contributed by atoms with Crippen molar-refractivity contribution in [2.45, 2.75) is 12.5 Å². The maximum Gasteiger partial charge on any atom is 0.0649 e. The number of hydrogen-bond donors (Lipinski definition) is 1. The van der Waals surface area contributed by atoms with E-state index in [2.05, 4.69) is 10.1 Å². The van der Waals surface area contributed by atoms with Crippen molar-refractivity contribution in [1.82, 2.24) is 14.8 Å². The van der Waals surface area contributed by atoms with Crippen LogP contribution in [0.15, 0.2) is 67.1 Å². The highest BCUT2D eigenvalue weighted by atomic mass is 15.3. The number of nitrogens with zero attached hydrogens (tertiary/aromatic N) is 3. The van der Waals surface area contributed by atoms with Gasteiger partial charge in [0.1, 0.15) is 0 Å². The molecule has 3 aromatic rings. The molecule has 2 N–H and O–H groups in total. The van der Waals surface area contributed by atoms with E-state index < -0.39 is 0 Å². The molecule has 1 atom stereocenters. The minimum absolute atomic E-state index is 0.109. The van der Waals surface area contributed by atoms with E-state index in [1.165, 1.54) is 0 Å². The molecule has 20 heavy (non-hydrogen) atoms. The monoisotopic (exact) mass is 264 g/mol. The van der Waals surface area contributed by atoms with Gasteiger partial charge in [-0.05, 0) is 36.2 Å². The summed E-state index contributed by atoms with van der Waals surface area (Å²) in [6.45, 7) is 0. The van der Waals surface area contributed by atoms with Crippen LogP contribution < -0.4 is 5.73 Å². The summed E-state index contributed by atoms with van der Waals surface area (Å²) < 4.78 is 1.89. The molecule has 4 heteroatoms. The highest BCUT2D eigenvalue weighted by molar-refractivity contribution is 5.33. The third kappa shape index (κ3) is 2.60. The molecule has 0 saturated carbocycles. The van der Waals surface area contributed by atoms with E-state index in [1.807, 2.05) is 59.4 Å². The standard InChI is InChI=1S/C16H16N4/c17-15(11-13-5-4-9-18-12-13)16-8-10-19-20(16)14-6-2-1-3-7-14/h1-10,12,15H,11,17H2. The molecule has 0 saturated heterocycles. The predicted molar refractivity (Wildman–Crippen MR) is 78.4 cm³/mol. The van der Waals surface area contributed by atoms with Crippen LogP contribution in [0.25, 0.3) is 5.69 Å². The molecule has 0 amide bonds. The number of nitrogens with two attached hydrogens (primary N) is 1. The molecule has 1 unspecified atom stereocenters. The van der Waals surface area contributed by atoms with Crippen LogP contribution in [0, 0.1) is 0 Å². The van der Waals surface area contributed by atoms with Gasteiger partial charge >= 0.3 is 0 Å². The number of aromatic nitrogens is 3. The Morgan fingerprint density at radius 3 is 2.60 bits per heavy atom. The van der Waals surface area contributed by atoms with Crippen LogP contribution in [0.2, 0.25) is 0 Å². The molecule has 2 aromatic heterocycles. The summed E-state index contributed by atoms with van der Waals surface area (Å²) >= 11 is 0. The van der Waals surface area contributed by atoms with Crippen molar-refractivity contribution in [1.29, 1.82) is 0 Å². The van der Waals surface area contributed by atoms with Crippen LogP contribution in [-0.4, -0.2) is 14.8 Å². The van der Waals surface area contributed by atoms with Crippen LogP contribution in [0.4, 0.5) is 0 Å². The molecule has 0 spiro atoms. The predicted octanol–water partition coefficient (Wildman–Crippen LogP) is 2.51. The van der Waals surface area contributed by atoms with Crippen LogP contribution in [-0.2, 0) is 6.42 Å². The van der Waals surface area contributed by atoms with Crippen molar-refractivity contribution in [2.75, 3.05) is 0 Å². The first-order valence-electron chi connectivity index (χ1n) is 6.58. The lowest BCUT2D eigenvalue weighted by Gasteiger charge is -2.14. The van der Waals surface area contributed by atoms with Gasteiger partial charge in [-0.15, -0.1) is 0 Å². The van der Waals surface area contributed by atoms with Crippen molar-refractivity contribution in [3.8, 4) is 5.69 Å². The zero-order chi connectivity index (χ0) is 13.8. The van der Waals surface area contributed by atoms with Crippen LogP contribution in [0.5, 0.6) is 0 Å². The molecular formula is C16H16N4. The fourth-order valence-corrected chi connectivity index (χ4v) is 2.26. The number of benzene rings is 1. The summed E-state index contributed by atoms with van der Waals surface area (Å²) in [5, 5.41) is 4.37. The van der Waals surface area contributed by atoms with E-state index in [-0.39, 0.29) is 6.04 Å². The summed E-state index contributed by atoms with van der Waals surface area (Å²) in [6.07, 6.45) is 6.14. The summed E-state index contributed by atoms with van der Waals surface area (Å²) in [5.74, 6) is 0. The Balaban J connectivity index is 1.86. The number of rotatable bonds is 4. The van der Waals surface area contributed by atoms with Crippen molar-refractivity contribution in [3.05, 3.63) is 78.4 Å². The van der Waals surface area contributed by atoms with E-state index in [4.69, 9.17) is 5.73 Å². The Morgan fingerprint density at radius 2 is 1.85 bits per heavy atom. The summed E-state index contributed by atoms with van der Waals surface area (Å²) in [4.78, 5) is 4.12. The van der Waals surface area contributed by atoms with Crippen molar-refractivity contribution in [2.24, 2.45) is 5.73 Å². The SMILES string of the molecule is NC(Cc1cccnc1)c1ccnn1-c1ccccc1.